The molecule has 0 atom stereocenters. The SMILES string of the molecule is Cc1ccc(-n2ccnc2SCC(=O)N(C)C)c(C)c1. The van der Waals surface area contributed by atoms with Crippen molar-refractivity contribution in [3.8, 4) is 5.69 Å². The Labute approximate surface area is 123 Å². The fourth-order valence-electron chi connectivity index (χ4n) is 1.91. The van der Waals surface area contributed by atoms with Crippen molar-refractivity contribution >= 4 is 17.7 Å². The van der Waals surface area contributed by atoms with Crippen molar-refractivity contribution in [3.63, 3.8) is 0 Å². The van der Waals surface area contributed by atoms with Crippen LogP contribution >= 0.6 is 11.8 Å². The van der Waals surface area contributed by atoms with Gasteiger partial charge in [-0.2, -0.15) is 0 Å². The molecule has 5 heteroatoms. The molecule has 0 radical (unpaired) electrons. The average molecular weight is 289 g/mol. The molecule has 2 rings (SSSR count). The lowest BCUT2D eigenvalue weighted by molar-refractivity contribution is -0.125. The van der Waals surface area contributed by atoms with Gasteiger partial charge in [0.05, 0.1) is 11.4 Å². The fraction of sp³-hybridized carbons (Fsp3) is 0.333. The van der Waals surface area contributed by atoms with E-state index >= 15 is 0 Å². The van der Waals surface area contributed by atoms with Gasteiger partial charge in [-0.05, 0) is 25.5 Å². The quantitative estimate of drug-likeness (QED) is 0.812. The Bertz CT molecular complexity index is 619. The molecule has 0 aliphatic rings. The number of aryl methyl sites for hydroxylation is 2. The van der Waals surface area contributed by atoms with Crippen LogP contribution in [-0.4, -0.2) is 40.2 Å². The van der Waals surface area contributed by atoms with Crippen molar-refractivity contribution in [2.75, 3.05) is 19.8 Å². The number of imidazole rings is 1. The number of carbonyl (C=O) groups excluding carboxylic acids is 1. The van der Waals surface area contributed by atoms with Crippen LogP contribution in [0.15, 0.2) is 35.7 Å². The Hall–Kier alpha value is -1.75. The highest BCUT2D eigenvalue weighted by Gasteiger charge is 2.11. The summed E-state index contributed by atoms with van der Waals surface area (Å²) >= 11 is 1.46. The summed E-state index contributed by atoms with van der Waals surface area (Å²) in [5.41, 5.74) is 3.54. The van der Waals surface area contributed by atoms with Crippen LogP contribution in [0, 0.1) is 13.8 Å². The second kappa shape index (κ2) is 6.13. The normalized spacial score (nSPS) is 10.6. The molecule has 1 amide bonds. The lowest BCUT2D eigenvalue weighted by atomic mass is 10.1. The van der Waals surface area contributed by atoms with Crippen LogP contribution in [0.25, 0.3) is 5.69 Å². The van der Waals surface area contributed by atoms with Gasteiger partial charge in [-0.15, -0.1) is 0 Å². The molecule has 0 aliphatic heterocycles. The zero-order valence-electron chi connectivity index (χ0n) is 12.3. The van der Waals surface area contributed by atoms with Crippen molar-refractivity contribution < 1.29 is 4.79 Å². The zero-order chi connectivity index (χ0) is 14.7. The minimum Gasteiger partial charge on any atom is -0.348 e. The third-order valence-electron chi connectivity index (χ3n) is 3.04. The first kappa shape index (κ1) is 14.7. The Kier molecular flexibility index (Phi) is 4.49. The molecule has 0 saturated carbocycles. The van der Waals surface area contributed by atoms with E-state index in [0.29, 0.717) is 5.75 Å². The van der Waals surface area contributed by atoms with E-state index in [1.807, 2.05) is 10.8 Å². The molecular formula is C15H19N3OS. The van der Waals surface area contributed by atoms with E-state index in [0.717, 1.165) is 10.8 Å². The lowest BCUT2D eigenvalue weighted by Crippen LogP contribution is -2.23. The van der Waals surface area contributed by atoms with Crippen LogP contribution in [0.5, 0.6) is 0 Å². The van der Waals surface area contributed by atoms with Crippen LogP contribution < -0.4 is 0 Å². The summed E-state index contributed by atoms with van der Waals surface area (Å²) in [6.45, 7) is 4.16. The molecule has 4 nitrogen and oxygen atoms in total. The first-order valence-corrected chi connectivity index (χ1v) is 7.41. The number of hydrogen-bond donors (Lipinski definition) is 0. The number of benzene rings is 1. The van der Waals surface area contributed by atoms with E-state index in [1.165, 1.54) is 22.9 Å². The summed E-state index contributed by atoms with van der Waals surface area (Å²) in [4.78, 5) is 17.6. The van der Waals surface area contributed by atoms with E-state index in [-0.39, 0.29) is 5.91 Å². The maximum absolute atomic E-state index is 11.7. The topological polar surface area (TPSA) is 38.1 Å². The number of hydrogen-bond acceptors (Lipinski definition) is 3. The summed E-state index contributed by atoms with van der Waals surface area (Å²) in [5, 5.41) is 0.840. The third-order valence-corrected chi connectivity index (χ3v) is 3.99. The molecule has 1 aromatic heterocycles. The van der Waals surface area contributed by atoms with Crippen LogP contribution in [-0.2, 0) is 4.79 Å². The molecule has 0 spiro atoms. The zero-order valence-corrected chi connectivity index (χ0v) is 13.1. The van der Waals surface area contributed by atoms with Crippen molar-refractivity contribution in [2.24, 2.45) is 0 Å². The minimum absolute atomic E-state index is 0.0881. The standard InChI is InChI=1S/C15H19N3OS/c1-11-5-6-13(12(2)9-11)18-8-7-16-15(18)20-10-14(19)17(3)4/h5-9H,10H2,1-4H3. The van der Waals surface area contributed by atoms with Gasteiger partial charge in [0.2, 0.25) is 5.91 Å². The molecular weight excluding hydrogens is 270 g/mol. The predicted molar refractivity (Wildman–Crippen MR) is 82.5 cm³/mol. The second-order valence-corrected chi connectivity index (χ2v) is 5.89. The molecule has 1 heterocycles. The maximum atomic E-state index is 11.7. The van der Waals surface area contributed by atoms with Gasteiger partial charge in [0, 0.05) is 26.5 Å². The highest BCUT2D eigenvalue weighted by Crippen LogP contribution is 2.23. The minimum atomic E-state index is 0.0881. The molecule has 0 fully saturated rings. The van der Waals surface area contributed by atoms with Gasteiger partial charge in [0.15, 0.2) is 5.16 Å². The Balaban J connectivity index is 2.22. The summed E-state index contributed by atoms with van der Waals surface area (Å²) in [5.74, 6) is 0.486. The molecule has 2 aromatic rings. The van der Waals surface area contributed by atoms with Crippen LogP contribution in [0.2, 0.25) is 0 Å². The van der Waals surface area contributed by atoms with E-state index < -0.39 is 0 Å². The molecule has 0 aliphatic carbocycles. The molecule has 0 saturated heterocycles. The highest BCUT2D eigenvalue weighted by molar-refractivity contribution is 7.99. The van der Waals surface area contributed by atoms with Crippen molar-refractivity contribution in [3.05, 3.63) is 41.7 Å². The van der Waals surface area contributed by atoms with Crippen LogP contribution in [0.3, 0.4) is 0 Å². The summed E-state index contributed by atoms with van der Waals surface area (Å²) in [6, 6.07) is 6.32. The Morgan fingerprint density at radius 2 is 2.10 bits per heavy atom. The smallest absolute Gasteiger partial charge is 0.232 e. The van der Waals surface area contributed by atoms with Crippen LogP contribution in [0.1, 0.15) is 11.1 Å². The molecule has 106 valence electrons. The average Bonchev–Trinajstić information content (AvgIpc) is 2.84. The molecule has 1 aromatic carbocycles. The van der Waals surface area contributed by atoms with Gasteiger partial charge in [-0.1, -0.05) is 29.5 Å². The van der Waals surface area contributed by atoms with Gasteiger partial charge in [0.1, 0.15) is 0 Å². The van der Waals surface area contributed by atoms with Gasteiger partial charge >= 0.3 is 0 Å². The van der Waals surface area contributed by atoms with Crippen molar-refractivity contribution in [2.45, 2.75) is 19.0 Å². The maximum Gasteiger partial charge on any atom is 0.232 e. The van der Waals surface area contributed by atoms with Crippen molar-refractivity contribution in [1.29, 1.82) is 0 Å². The first-order chi connectivity index (χ1) is 9.49. The van der Waals surface area contributed by atoms with E-state index in [1.54, 1.807) is 25.2 Å². The molecule has 0 bridgehead atoms. The van der Waals surface area contributed by atoms with Gasteiger partial charge in [-0.25, -0.2) is 4.98 Å². The predicted octanol–water partition coefficient (Wildman–Crippen LogP) is 2.67. The molecule has 20 heavy (non-hydrogen) atoms. The highest BCUT2D eigenvalue weighted by atomic mass is 32.2. The van der Waals surface area contributed by atoms with Gasteiger partial charge in [-0.3, -0.25) is 9.36 Å². The second-order valence-electron chi connectivity index (χ2n) is 4.95. The molecule has 0 unspecified atom stereocenters. The monoisotopic (exact) mass is 289 g/mol. The van der Waals surface area contributed by atoms with Crippen molar-refractivity contribution in [1.82, 2.24) is 14.5 Å². The summed E-state index contributed by atoms with van der Waals surface area (Å²) in [7, 11) is 3.53. The number of rotatable bonds is 4. The number of nitrogens with zero attached hydrogens (tertiary/aromatic N) is 3. The first-order valence-electron chi connectivity index (χ1n) is 6.43. The molecule has 0 N–H and O–H groups in total. The van der Waals surface area contributed by atoms with Gasteiger partial charge < -0.3 is 4.90 Å². The number of thioether (sulfide) groups is 1. The summed E-state index contributed by atoms with van der Waals surface area (Å²) < 4.78 is 2.03. The number of amides is 1. The lowest BCUT2D eigenvalue weighted by Gasteiger charge is -2.12. The van der Waals surface area contributed by atoms with E-state index in [9.17, 15) is 4.79 Å². The van der Waals surface area contributed by atoms with E-state index in [2.05, 4.69) is 37.0 Å². The van der Waals surface area contributed by atoms with Gasteiger partial charge in [0.25, 0.3) is 0 Å². The third kappa shape index (κ3) is 3.22. The number of carbonyl (C=O) groups is 1. The Morgan fingerprint density at radius 1 is 1.35 bits per heavy atom. The fourth-order valence-corrected chi connectivity index (χ4v) is 2.86. The summed E-state index contributed by atoms with van der Waals surface area (Å²) in [6.07, 6.45) is 3.70. The Morgan fingerprint density at radius 3 is 2.75 bits per heavy atom. The number of aromatic nitrogens is 2. The largest absolute Gasteiger partial charge is 0.348 e. The van der Waals surface area contributed by atoms with E-state index in [4.69, 9.17) is 0 Å². The van der Waals surface area contributed by atoms with Crippen LogP contribution in [0.4, 0.5) is 0 Å².